The van der Waals surface area contributed by atoms with Gasteiger partial charge < -0.3 is 14.6 Å². The van der Waals surface area contributed by atoms with E-state index in [-0.39, 0.29) is 17.8 Å². The molecule has 1 N–H and O–H groups in total. The van der Waals surface area contributed by atoms with E-state index >= 15 is 0 Å². The fourth-order valence-electron chi connectivity index (χ4n) is 3.79. The van der Waals surface area contributed by atoms with Gasteiger partial charge in [0.25, 0.3) is 5.56 Å². The summed E-state index contributed by atoms with van der Waals surface area (Å²) in [4.78, 5) is 37.3. The summed E-state index contributed by atoms with van der Waals surface area (Å²) in [6, 6.07) is 21.4. The molecule has 0 spiro atoms. The van der Waals surface area contributed by atoms with Gasteiger partial charge in [-0.1, -0.05) is 58.4 Å². The van der Waals surface area contributed by atoms with Crippen LogP contribution in [-0.4, -0.2) is 35.3 Å². The largest absolute Gasteiger partial charge is 0.482 e. The molecular weight excluding hydrogens is 502 g/mol. The highest BCUT2D eigenvalue weighted by atomic mass is 79.9. The standard InChI is InChI=1S/C26H20BrNO6/c1-33-26(32)24-23(17-5-3-2-4-6-17)21-13-18(27)9-12-20(21)25(31)28(24)14-16-7-10-19(11-8-16)34-15-22(29)30/h2-13H,14-15H2,1H3,(H,29,30). The SMILES string of the molecule is COC(=O)c1c(-c2ccccc2)c2cc(Br)ccc2c(=O)n1Cc1ccc(OCC(=O)O)cc1. The number of carbonyl (C=O) groups excluding carboxylic acids is 1. The van der Waals surface area contributed by atoms with Gasteiger partial charge in [0, 0.05) is 15.4 Å². The lowest BCUT2D eigenvalue weighted by Crippen LogP contribution is -2.28. The number of aromatic nitrogens is 1. The van der Waals surface area contributed by atoms with Crippen LogP contribution in [0.15, 0.2) is 82.1 Å². The number of aliphatic carboxylic acids is 1. The summed E-state index contributed by atoms with van der Waals surface area (Å²) < 4.78 is 12.5. The number of nitrogens with zero attached hydrogens (tertiary/aromatic N) is 1. The molecule has 3 aromatic carbocycles. The van der Waals surface area contributed by atoms with Crippen LogP contribution >= 0.6 is 15.9 Å². The summed E-state index contributed by atoms with van der Waals surface area (Å²) in [5.41, 5.74) is 1.93. The van der Waals surface area contributed by atoms with Gasteiger partial charge in [-0.15, -0.1) is 0 Å². The molecule has 0 atom stereocenters. The van der Waals surface area contributed by atoms with Crippen molar-refractivity contribution in [3.05, 3.63) is 98.9 Å². The zero-order valence-corrected chi connectivity index (χ0v) is 19.7. The van der Waals surface area contributed by atoms with Gasteiger partial charge >= 0.3 is 11.9 Å². The van der Waals surface area contributed by atoms with Crippen molar-refractivity contribution in [3.8, 4) is 16.9 Å². The summed E-state index contributed by atoms with van der Waals surface area (Å²) in [6.07, 6.45) is 0. The Balaban J connectivity index is 1.92. The minimum atomic E-state index is -1.07. The fraction of sp³-hybridized carbons (Fsp3) is 0.115. The van der Waals surface area contributed by atoms with Crippen molar-refractivity contribution in [2.45, 2.75) is 6.54 Å². The van der Waals surface area contributed by atoms with Crippen LogP contribution in [0.3, 0.4) is 0 Å². The summed E-state index contributed by atoms with van der Waals surface area (Å²) in [5.74, 6) is -1.31. The van der Waals surface area contributed by atoms with E-state index in [2.05, 4.69) is 15.9 Å². The molecule has 172 valence electrons. The van der Waals surface area contributed by atoms with Crippen molar-refractivity contribution < 1.29 is 24.2 Å². The zero-order valence-electron chi connectivity index (χ0n) is 18.2. The molecule has 0 fully saturated rings. The van der Waals surface area contributed by atoms with Gasteiger partial charge in [0.1, 0.15) is 11.4 Å². The van der Waals surface area contributed by atoms with Gasteiger partial charge in [0.15, 0.2) is 6.61 Å². The summed E-state index contributed by atoms with van der Waals surface area (Å²) in [6.45, 7) is -0.347. The number of carboxylic acid groups (broad SMARTS) is 1. The molecule has 4 rings (SSSR count). The van der Waals surface area contributed by atoms with E-state index in [1.165, 1.54) is 11.7 Å². The van der Waals surface area contributed by atoms with Crippen LogP contribution in [0.2, 0.25) is 0 Å². The number of benzene rings is 3. The molecule has 34 heavy (non-hydrogen) atoms. The number of fused-ring (bicyclic) bond motifs is 1. The van der Waals surface area contributed by atoms with Crippen LogP contribution in [0.25, 0.3) is 21.9 Å². The van der Waals surface area contributed by atoms with E-state index in [9.17, 15) is 14.4 Å². The first kappa shape index (κ1) is 23.3. The van der Waals surface area contributed by atoms with Crippen molar-refractivity contribution in [1.82, 2.24) is 4.57 Å². The first-order valence-electron chi connectivity index (χ1n) is 10.3. The second kappa shape index (κ2) is 9.93. The van der Waals surface area contributed by atoms with Gasteiger partial charge in [-0.3, -0.25) is 9.36 Å². The normalized spacial score (nSPS) is 10.8. The van der Waals surface area contributed by atoms with Gasteiger partial charge in [0.2, 0.25) is 0 Å². The number of methoxy groups -OCH3 is 1. The Morgan fingerprint density at radius 3 is 2.32 bits per heavy atom. The van der Waals surface area contributed by atoms with E-state index in [1.807, 2.05) is 36.4 Å². The summed E-state index contributed by atoms with van der Waals surface area (Å²) >= 11 is 3.47. The minimum Gasteiger partial charge on any atom is -0.482 e. The van der Waals surface area contributed by atoms with Crippen molar-refractivity contribution in [2.24, 2.45) is 0 Å². The smallest absolute Gasteiger partial charge is 0.355 e. The maximum atomic E-state index is 13.6. The van der Waals surface area contributed by atoms with Crippen molar-refractivity contribution in [1.29, 1.82) is 0 Å². The van der Waals surface area contributed by atoms with E-state index in [0.29, 0.717) is 22.1 Å². The number of pyridine rings is 1. The molecule has 7 nitrogen and oxygen atoms in total. The van der Waals surface area contributed by atoms with Gasteiger partial charge in [-0.2, -0.15) is 0 Å². The van der Waals surface area contributed by atoms with Crippen molar-refractivity contribution >= 4 is 38.6 Å². The molecule has 8 heteroatoms. The Kier molecular flexibility index (Phi) is 6.79. The molecule has 1 heterocycles. The van der Waals surface area contributed by atoms with Gasteiger partial charge in [-0.25, -0.2) is 9.59 Å². The molecule has 0 aliphatic heterocycles. The number of esters is 1. The highest BCUT2D eigenvalue weighted by Crippen LogP contribution is 2.33. The maximum Gasteiger partial charge on any atom is 0.355 e. The number of rotatable bonds is 7. The topological polar surface area (TPSA) is 94.8 Å². The second-order valence-corrected chi connectivity index (χ2v) is 8.40. The lowest BCUT2D eigenvalue weighted by molar-refractivity contribution is -0.139. The third-order valence-electron chi connectivity index (χ3n) is 5.30. The molecule has 0 amide bonds. The van der Waals surface area contributed by atoms with Crippen LogP contribution in [-0.2, 0) is 16.1 Å². The molecule has 0 aliphatic rings. The summed E-state index contributed by atoms with van der Waals surface area (Å²) in [7, 11) is 1.28. The Labute approximate surface area is 203 Å². The third-order valence-corrected chi connectivity index (χ3v) is 5.79. The Morgan fingerprint density at radius 1 is 0.971 bits per heavy atom. The van der Waals surface area contributed by atoms with E-state index in [0.717, 1.165) is 15.6 Å². The first-order chi connectivity index (χ1) is 16.4. The average molecular weight is 522 g/mol. The van der Waals surface area contributed by atoms with E-state index in [1.54, 1.807) is 36.4 Å². The highest BCUT2D eigenvalue weighted by molar-refractivity contribution is 9.10. The molecule has 0 bridgehead atoms. The first-order valence-corrected chi connectivity index (χ1v) is 11.1. The lowest BCUT2D eigenvalue weighted by Gasteiger charge is -2.19. The number of hydrogen-bond donors (Lipinski definition) is 1. The van der Waals surface area contributed by atoms with Gasteiger partial charge in [-0.05, 0) is 46.8 Å². The monoisotopic (exact) mass is 521 g/mol. The molecule has 4 aromatic rings. The highest BCUT2D eigenvalue weighted by Gasteiger charge is 2.24. The average Bonchev–Trinajstić information content (AvgIpc) is 2.85. The fourth-order valence-corrected chi connectivity index (χ4v) is 4.16. The third kappa shape index (κ3) is 4.72. The predicted molar refractivity (Wildman–Crippen MR) is 131 cm³/mol. The predicted octanol–water partition coefficient (Wildman–Crippen LogP) is 4.73. The van der Waals surface area contributed by atoms with Crippen molar-refractivity contribution in [3.63, 3.8) is 0 Å². The van der Waals surface area contributed by atoms with Crippen LogP contribution in [0.4, 0.5) is 0 Å². The van der Waals surface area contributed by atoms with Gasteiger partial charge in [0.05, 0.1) is 13.7 Å². The lowest BCUT2D eigenvalue weighted by atomic mass is 9.96. The molecule has 0 saturated carbocycles. The molecule has 1 aromatic heterocycles. The summed E-state index contributed by atoms with van der Waals surface area (Å²) in [5, 5.41) is 9.88. The van der Waals surface area contributed by atoms with E-state index in [4.69, 9.17) is 14.6 Å². The van der Waals surface area contributed by atoms with Crippen LogP contribution in [0.1, 0.15) is 16.1 Å². The van der Waals surface area contributed by atoms with E-state index < -0.39 is 18.5 Å². The molecule has 0 radical (unpaired) electrons. The maximum absolute atomic E-state index is 13.6. The minimum absolute atomic E-state index is 0.105. The Bertz CT molecular complexity index is 1430. The van der Waals surface area contributed by atoms with Crippen LogP contribution in [0.5, 0.6) is 5.75 Å². The zero-order chi connectivity index (χ0) is 24.2. The molecule has 0 aliphatic carbocycles. The molecule has 0 unspecified atom stereocenters. The Morgan fingerprint density at radius 2 is 1.68 bits per heavy atom. The van der Waals surface area contributed by atoms with Crippen LogP contribution < -0.4 is 10.3 Å². The molecule has 0 saturated heterocycles. The second-order valence-electron chi connectivity index (χ2n) is 7.49. The van der Waals surface area contributed by atoms with Crippen LogP contribution in [0, 0.1) is 0 Å². The molecular formula is C26H20BrNO6. The number of hydrogen-bond acceptors (Lipinski definition) is 5. The number of ether oxygens (including phenoxy) is 2. The number of carbonyl (C=O) groups is 2. The number of halogens is 1. The number of carboxylic acids is 1. The van der Waals surface area contributed by atoms with Crippen molar-refractivity contribution in [2.75, 3.05) is 13.7 Å². The quantitative estimate of drug-likeness (QED) is 0.353. The Hall–Kier alpha value is -3.91.